The van der Waals surface area contributed by atoms with Crippen LogP contribution in [0, 0.1) is 20.8 Å². The predicted octanol–water partition coefficient (Wildman–Crippen LogP) is 5.64. The maximum absolute atomic E-state index is 12.7. The molecule has 0 saturated carbocycles. The SMILES string of the molecule is Cc1cc(COC(F)(F)F)cc(C)c1-c1c(O)c(C)c(-c2ccccc2)oc1=O. The quantitative estimate of drug-likeness (QED) is 0.611. The van der Waals surface area contributed by atoms with Crippen molar-refractivity contribution in [3.8, 4) is 28.2 Å². The minimum absolute atomic E-state index is 0.0135. The van der Waals surface area contributed by atoms with Crippen molar-refractivity contribution < 1.29 is 27.4 Å². The molecule has 0 aliphatic rings. The monoisotopic (exact) mass is 404 g/mol. The van der Waals surface area contributed by atoms with Crippen molar-refractivity contribution in [1.29, 1.82) is 0 Å². The molecule has 4 nitrogen and oxygen atoms in total. The molecule has 0 bridgehead atoms. The van der Waals surface area contributed by atoms with Gasteiger partial charge in [0.05, 0.1) is 6.61 Å². The highest BCUT2D eigenvalue weighted by Gasteiger charge is 2.29. The molecule has 1 N–H and O–H groups in total. The summed E-state index contributed by atoms with van der Waals surface area (Å²) >= 11 is 0. The molecule has 1 heterocycles. The molecule has 0 amide bonds. The van der Waals surface area contributed by atoms with Crippen molar-refractivity contribution in [3.63, 3.8) is 0 Å². The first-order valence-electron chi connectivity index (χ1n) is 8.81. The molecule has 0 atom stereocenters. The van der Waals surface area contributed by atoms with E-state index in [0.29, 0.717) is 33.4 Å². The summed E-state index contributed by atoms with van der Waals surface area (Å²) in [5.74, 6) is 0.0490. The lowest BCUT2D eigenvalue weighted by atomic mass is 9.92. The van der Waals surface area contributed by atoms with Crippen LogP contribution in [0.2, 0.25) is 0 Å². The Morgan fingerprint density at radius 1 is 1.00 bits per heavy atom. The first kappa shape index (κ1) is 20.7. The molecule has 0 aliphatic carbocycles. The van der Waals surface area contributed by atoms with E-state index >= 15 is 0 Å². The molecule has 0 radical (unpaired) electrons. The Kier molecular flexibility index (Phi) is 5.53. The van der Waals surface area contributed by atoms with Crippen molar-refractivity contribution in [3.05, 3.63) is 75.1 Å². The van der Waals surface area contributed by atoms with Gasteiger partial charge in [0.1, 0.15) is 17.1 Å². The average molecular weight is 404 g/mol. The largest absolute Gasteiger partial charge is 0.522 e. The number of hydrogen-bond acceptors (Lipinski definition) is 4. The molecule has 3 aromatic rings. The zero-order valence-corrected chi connectivity index (χ0v) is 16.1. The molecule has 0 saturated heterocycles. The maximum atomic E-state index is 12.7. The summed E-state index contributed by atoms with van der Waals surface area (Å²) in [6.45, 7) is 4.30. The fourth-order valence-corrected chi connectivity index (χ4v) is 3.39. The average Bonchev–Trinajstić information content (AvgIpc) is 2.65. The second-order valence-electron chi connectivity index (χ2n) is 6.77. The van der Waals surface area contributed by atoms with Gasteiger partial charge in [0.2, 0.25) is 0 Å². The fraction of sp³-hybridized carbons (Fsp3) is 0.227. The van der Waals surface area contributed by atoms with Crippen LogP contribution in [-0.4, -0.2) is 11.5 Å². The Bertz CT molecular complexity index is 1080. The third-order valence-electron chi connectivity index (χ3n) is 4.61. The van der Waals surface area contributed by atoms with Crippen molar-refractivity contribution in [2.75, 3.05) is 0 Å². The molecule has 2 aromatic carbocycles. The zero-order valence-electron chi connectivity index (χ0n) is 16.1. The Hall–Kier alpha value is -3.06. The molecule has 0 unspecified atom stereocenters. The zero-order chi connectivity index (χ0) is 21.3. The molecule has 0 aliphatic heterocycles. The molecule has 0 fully saturated rings. The lowest BCUT2D eigenvalue weighted by molar-refractivity contribution is -0.330. The Morgan fingerprint density at radius 2 is 1.59 bits per heavy atom. The van der Waals surface area contributed by atoms with Crippen LogP contribution in [0.1, 0.15) is 22.3 Å². The van der Waals surface area contributed by atoms with Crippen molar-refractivity contribution in [2.45, 2.75) is 33.7 Å². The van der Waals surface area contributed by atoms with E-state index < -0.39 is 18.6 Å². The molecule has 0 spiro atoms. The Balaban J connectivity index is 2.10. The number of benzene rings is 2. The van der Waals surface area contributed by atoms with Crippen LogP contribution in [0.4, 0.5) is 13.2 Å². The van der Waals surface area contributed by atoms with Crippen LogP contribution in [0.3, 0.4) is 0 Å². The van der Waals surface area contributed by atoms with Crippen molar-refractivity contribution in [1.82, 2.24) is 0 Å². The molecule has 29 heavy (non-hydrogen) atoms. The van der Waals surface area contributed by atoms with Gasteiger partial charge >= 0.3 is 12.0 Å². The van der Waals surface area contributed by atoms with Gasteiger partial charge in [0.25, 0.3) is 0 Å². The van der Waals surface area contributed by atoms with E-state index in [1.54, 1.807) is 45.0 Å². The molecule has 3 rings (SSSR count). The summed E-state index contributed by atoms with van der Waals surface area (Å²) in [5, 5.41) is 10.8. The summed E-state index contributed by atoms with van der Waals surface area (Å²) in [6.07, 6.45) is -4.73. The van der Waals surface area contributed by atoms with Gasteiger partial charge in [-0.15, -0.1) is 13.2 Å². The number of rotatable bonds is 4. The van der Waals surface area contributed by atoms with E-state index in [4.69, 9.17) is 4.42 Å². The highest BCUT2D eigenvalue weighted by atomic mass is 19.4. The van der Waals surface area contributed by atoms with Gasteiger partial charge in [-0.2, -0.15) is 0 Å². The summed E-state index contributed by atoms with van der Waals surface area (Å²) in [5.41, 5.74) is 2.10. The maximum Gasteiger partial charge on any atom is 0.522 e. The predicted molar refractivity (Wildman–Crippen MR) is 103 cm³/mol. The van der Waals surface area contributed by atoms with Crippen LogP contribution in [0.5, 0.6) is 5.75 Å². The number of aromatic hydroxyl groups is 1. The van der Waals surface area contributed by atoms with Gasteiger partial charge < -0.3 is 9.52 Å². The highest BCUT2D eigenvalue weighted by molar-refractivity contribution is 5.79. The van der Waals surface area contributed by atoms with Crippen LogP contribution in [0.15, 0.2) is 51.7 Å². The van der Waals surface area contributed by atoms with Gasteiger partial charge in [-0.25, -0.2) is 4.79 Å². The third-order valence-corrected chi connectivity index (χ3v) is 4.61. The first-order valence-corrected chi connectivity index (χ1v) is 8.81. The molecular formula is C22H19F3O4. The highest BCUT2D eigenvalue weighted by Crippen LogP contribution is 2.38. The van der Waals surface area contributed by atoms with E-state index in [9.17, 15) is 23.1 Å². The van der Waals surface area contributed by atoms with Crippen molar-refractivity contribution in [2.24, 2.45) is 0 Å². The Labute approximate surface area is 165 Å². The van der Waals surface area contributed by atoms with Gasteiger partial charge in [-0.1, -0.05) is 42.5 Å². The molecule has 152 valence electrons. The van der Waals surface area contributed by atoms with E-state index in [-0.39, 0.29) is 17.1 Å². The standard InChI is InChI=1S/C22H19F3O4/c1-12-9-15(11-28-22(23,24)25)10-13(2)17(12)18-19(26)14(3)20(29-21(18)27)16-7-5-4-6-8-16/h4-10,26H,11H2,1-3H3. The topological polar surface area (TPSA) is 59.7 Å². The van der Waals surface area contributed by atoms with Gasteiger partial charge in [0, 0.05) is 11.1 Å². The third kappa shape index (κ3) is 4.35. The molecule has 1 aromatic heterocycles. The smallest absolute Gasteiger partial charge is 0.507 e. The summed E-state index contributed by atoms with van der Waals surface area (Å²) < 4.78 is 46.3. The number of hydrogen-bond donors (Lipinski definition) is 1. The number of alkyl halides is 3. The molecular weight excluding hydrogens is 385 g/mol. The molecule has 7 heteroatoms. The summed E-state index contributed by atoms with van der Waals surface area (Å²) in [6, 6.07) is 11.9. The number of aryl methyl sites for hydroxylation is 2. The van der Waals surface area contributed by atoms with E-state index in [2.05, 4.69) is 4.74 Å². The van der Waals surface area contributed by atoms with E-state index in [1.807, 2.05) is 6.07 Å². The van der Waals surface area contributed by atoms with E-state index in [1.165, 1.54) is 12.1 Å². The van der Waals surface area contributed by atoms with Gasteiger partial charge in [0.15, 0.2) is 0 Å². The lowest BCUT2D eigenvalue weighted by Gasteiger charge is -2.16. The summed E-state index contributed by atoms with van der Waals surface area (Å²) in [4.78, 5) is 12.7. The minimum atomic E-state index is -4.73. The van der Waals surface area contributed by atoms with Gasteiger partial charge in [-0.05, 0) is 43.0 Å². The minimum Gasteiger partial charge on any atom is -0.507 e. The van der Waals surface area contributed by atoms with Crippen LogP contribution in [-0.2, 0) is 11.3 Å². The van der Waals surface area contributed by atoms with Crippen LogP contribution < -0.4 is 5.63 Å². The normalized spacial score (nSPS) is 11.7. The first-order chi connectivity index (χ1) is 13.6. The Morgan fingerprint density at radius 3 is 2.14 bits per heavy atom. The second kappa shape index (κ2) is 7.75. The fourth-order valence-electron chi connectivity index (χ4n) is 3.39. The van der Waals surface area contributed by atoms with Crippen LogP contribution in [0.25, 0.3) is 22.5 Å². The van der Waals surface area contributed by atoms with Crippen LogP contribution >= 0.6 is 0 Å². The van der Waals surface area contributed by atoms with Gasteiger partial charge in [-0.3, -0.25) is 4.74 Å². The number of ether oxygens (including phenoxy) is 1. The summed E-state index contributed by atoms with van der Waals surface area (Å²) in [7, 11) is 0. The van der Waals surface area contributed by atoms with E-state index in [0.717, 1.165) is 0 Å². The number of halogens is 3. The van der Waals surface area contributed by atoms with Crippen molar-refractivity contribution >= 4 is 0 Å². The lowest BCUT2D eigenvalue weighted by Crippen LogP contribution is -2.13. The second-order valence-corrected chi connectivity index (χ2v) is 6.77.